The first kappa shape index (κ1) is 47.1. The Morgan fingerprint density at radius 3 is 1.37 bits per heavy atom. The summed E-state index contributed by atoms with van der Waals surface area (Å²) in [5, 5.41) is 0. The normalized spacial score (nSPS) is 12.0. The minimum absolute atomic E-state index is 0.0333. The minimum atomic E-state index is -0.695. The van der Waals surface area contributed by atoms with Crippen molar-refractivity contribution >= 4 is 18.2 Å². The molecule has 0 spiro atoms. The van der Waals surface area contributed by atoms with Gasteiger partial charge in [-0.2, -0.15) is 0 Å². The van der Waals surface area contributed by atoms with Crippen LogP contribution in [0.25, 0.3) is 0 Å². The largest absolute Gasteiger partial charge is 0.490 e. The summed E-state index contributed by atoms with van der Waals surface area (Å²) >= 11 is 0. The van der Waals surface area contributed by atoms with Crippen LogP contribution in [0.5, 0.6) is 5.75 Å². The lowest BCUT2D eigenvalue weighted by molar-refractivity contribution is -0.161. The Labute approximate surface area is 318 Å². The van der Waals surface area contributed by atoms with Gasteiger partial charge in [0.2, 0.25) is 0 Å². The van der Waals surface area contributed by atoms with Crippen molar-refractivity contribution in [1.29, 1.82) is 0 Å². The van der Waals surface area contributed by atoms with E-state index < -0.39 is 6.10 Å². The van der Waals surface area contributed by atoms with Crippen LogP contribution in [0.2, 0.25) is 0 Å². The quantitative estimate of drug-likeness (QED) is 0.0294. The highest BCUT2D eigenvalue weighted by Crippen LogP contribution is 2.15. The summed E-state index contributed by atoms with van der Waals surface area (Å²) in [5.41, 5.74) is 0.555. The van der Waals surface area contributed by atoms with E-state index in [4.69, 9.17) is 14.2 Å². The number of unbranched alkanes of at least 4 members (excludes halogenated alkanes) is 22. The smallest absolute Gasteiger partial charge is 0.306 e. The summed E-state index contributed by atoms with van der Waals surface area (Å²) in [6, 6.07) is 6.74. The van der Waals surface area contributed by atoms with Crippen LogP contribution in [0.4, 0.5) is 0 Å². The molecular formula is C46H76O6. The van der Waals surface area contributed by atoms with Crippen LogP contribution in [0.1, 0.15) is 204 Å². The number of hydrogen-bond donors (Lipinski definition) is 0. The van der Waals surface area contributed by atoms with E-state index in [1.807, 2.05) is 0 Å². The molecule has 0 unspecified atom stereocenters. The van der Waals surface area contributed by atoms with E-state index in [0.717, 1.165) is 57.7 Å². The fraction of sp³-hybridized carbons (Fsp3) is 0.717. The van der Waals surface area contributed by atoms with E-state index in [1.54, 1.807) is 24.3 Å². The van der Waals surface area contributed by atoms with Crippen molar-refractivity contribution in [3.05, 3.63) is 54.1 Å². The molecular weight excluding hydrogens is 648 g/mol. The Morgan fingerprint density at radius 2 is 0.923 bits per heavy atom. The van der Waals surface area contributed by atoms with E-state index in [9.17, 15) is 14.4 Å². The second kappa shape index (κ2) is 36.5. The second-order valence-corrected chi connectivity index (χ2v) is 14.5. The van der Waals surface area contributed by atoms with Gasteiger partial charge in [0, 0.05) is 18.4 Å². The van der Waals surface area contributed by atoms with Crippen molar-refractivity contribution in [2.45, 2.75) is 200 Å². The number of allylic oxidation sites excluding steroid dienone is 4. The van der Waals surface area contributed by atoms with Crippen LogP contribution >= 0.6 is 0 Å². The summed E-state index contributed by atoms with van der Waals surface area (Å²) in [4.78, 5) is 36.2. The van der Waals surface area contributed by atoms with Gasteiger partial charge in [-0.1, -0.05) is 141 Å². The fourth-order valence-corrected chi connectivity index (χ4v) is 6.13. The molecule has 1 rings (SSSR count). The van der Waals surface area contributed by atoms with E-state index in [0.29, 0.717) is 24.2 Å². The van der Waals surface area contributed by atoms with Crippen molar-refractivity contribution in [1.82, 2.24) is 0 Å². The van der Waals surface area contributed by atoms with Crippen molar-refractivity contribution in [2.75, 3.05) is 13.2 Å². The number of esters is 2. The number of rotatable bonds is 37. The maximum Gasteiger partial charge on any atom is 0.306 e. The summed E-state index contributed by atoms with van der Waals surface area (Å²) in [6.45, 7) is 4.55. The van der Waals surface area contributed by atoms with Gasteiger partial charge in [-0.25, -0.2) is 0 Å². The highest BCUT2D eigenvalue weighted by Gasteiger charge is 2.18. The van der Waals surface area contributed by atoms with Gasteiger partial charge < -0.3 is 14.2 Å². The van der Waals surface area contributed by atoms with E-state index in [1.165, 1.54) is 116 Å². The Morgan fingerprint density at radius 1 is 0.519 bits per heavy atom. The van der Waals surface area contributed by atoms with Gasteiger partial charge in [0.1, 0.15) is 25.2 Å². The van der Waals surface area contributed by atoms with Gasteiger partial charge in [0.25, 0.3) is 0 Å². The van der Waals surface area contributed by atoms with Gasteiger partial charge in [-0.15, -0.1) is 0 Å². The molecule has 0 aliphatic heterocycles. The fourth-order valence-electron chi connectivity index (χ4n) is 6.13. The van der Waals surface area contributed by atoms with E-state index >= 15 is 0 Å². The monoisotopic (exact) mass is 725 g/mol. The highest BCUT2D eigenvalue weighted by atomic mass is 16.6. The zero-order valence-electron chi connectivity index (χ0n) is 33.4. The van der Waals surface area contributed by atoms with Crippen molar-refractivity contribution in [3.63, 3.8) is 0 Å². The minimum Gasteiger partial charge on any atom is -0.490 e. The first-order valence-corrected chi connectivity index (χ1v) is 21.4. The zero-order valence-corrected chi connectivity index (χ0v) is 33.4. The SMILES string of the molecule is CCCCCCCC/C=C\CCCCCCCC(=O)OC[C@H](COc1ccc(C=O)cc1)OC(=O)CCCCCCC/C=C\CCCCCCCC. The molecule has 0 aliphatic carbocycles. The second-order valence-electron chi connectivity index (χ2n) is 14.5. The van der Waals surface area contributed by atoms with Crippen LogP contribution in [-0.4, -0.2) is 37.5 Å². The molecule has 0 heterocycles. The van der Waals surface area contributed by atoms with Crippen LogP contribution < -0.4 is 4.74 Å². The van der Waals surface area contributed by atoms with Gasteiger partial charge in [-0.3, -0.25) is 14.4 Å². The van der Waals surface area contributed by atoms with Crippen LogP contribution in [0, 0.1) is 0 Å². The topological polar surface area (TPSA) is 78.9 Å². The molecule has 296 valence electrons. The summed E-state index contributed by atoms with van der Waals surface area (Å²) in [5.74, 6) is -0.00868. The van der Waals surface area contributed by atoms with E-state index in [2.05, 4.69) is 38.2 Å². The molecule has 6 heteroatoms. The molecule has 0 aliphatic rings. The molecule has 0 fully saturated rings. The number of hydrogen-bond acceptors (Lipinski definition) is 6. The lowest BCUT2D eigenvalue weighted by atomic mass is 10.1. The number of benzene rings is 1. The van der Waals surface area contributed by atoms with Crippen LogP contribution in [0.15, 0.2) is 48.6 Å². The Kier molecular flexibility index (Phi) is 33.1. The predicted molar refractivity (Wildman–Crippen MR) is 217 cm³/mol. The van der Waals surface area contributed by atoms with Gasteiger partial charge in [-0.05, 0) is 88.5 Å². The maximum atomic E-state index is 12.7. The van der Waals surface area contributed by atoms with Crippen LogP contribution in [0.3, 0.4) is 0 Å². The summed E-state index contributed by atoms with van der Waals surface area (Å²) < 4.78 is 17.1. The summed E-state index contributed by atoms with van der Waals surface area (Å²) in [6.07, 6.45) is 41.5. The average Bonchev–Trinajstić information content (AvgIpc) is 3.16. The molecule has 0 N–H and O–H groups in total. The first-order chi connectivity index (χ1) is 25.6. The van der Waals surface area contributed by atoms with E-state index in [-0.39, 0.29) is 25.2 Å². The number of aldehydes is 1. The lowest BCUT2D eigenvalue weighted by Crippen LogP contribution is -2.31. The van der Waals surface area contributed by atoms with Gasteiger partial charge >= 0.3 is 11.9 Å². The molecule has 1 aromatic carbocycles. The highest BCUT2D eigenvalue weighted by molar-refractivity contribution is 5.74. The molecule has 6 nitrogen and oxygen atoms in total. The third kappa shape index (κ3) is 30.7. The number of carbonyl (C=O) groups is 3. The van der Waals surface area contributed by atoms with Crippen LogP contribution in [-0.2, 0) is 19.1 Å². The molecule has 0 aromatic heterocycles. The van der Waals surface area contributed by atoms with Gasteiger partial charge in [0.05, 0.1) is 0 Å². The Balaban J connectivity index is 2.24. The third-order valence-corrected chi connectivity index (χ3v) is 9.47. The predicted octanol–water partition coefficient (Wildman–Crippen LogP) is 13.4. The lowest BCUT2D eigenvalue weighted by Gasteiger charge is -2.19. The number of ether oxygens (including phenoxy) is 3. The molecule has 0 amide bonds. The molecule has 1 atom stereocenters. The van der Waals surface area contributed by atoms with Crippen molar-refractivity contribution in [2.24, 2.45) is 0 Å². The first-order valence-electron chi connectivity index (χ1n) is 21.4. The molecule has 0 saturated carbocycles. The van der Waals surface area contributed by atoms with Gasteiger partial charge in [0.15, 0.2) is 6.10 Å². The van der Waals surface area contributed by atoms with Crippen molar-refractivity contribution < 1.29 is 28.6 Å². The maximum absolute atomic E-state index is 12.7. The molecule has 0 radical (unpaired) electrons. The third-order valence-electron chi connectivity index (χ3n) is 9.47. The number of carbonyl (C=O) groups excluding carboxylic acids is 3. The Hall–Kier alpha value is -2.89. The van der Waals surface area contributed by atoms with Crippen molar-refractivity contribution in [3.8, 4) is 5.75 Å². The molecule has 0 saturated heterocycles. The average molecular weight is 725 g/mol. The zero-order chi connectivity index (χ0) is 37.6. The molecule has 0 bridgehead atoms. The standard InChI is InChI=1S/C46H76O6/c1-3-5-7-9-11-13-15-17-19-21-23-25-27-29-31-33-45(48)51-41-44(40-50-43-37-35-42(39-47)36-38-43)52-46(49)34-32-30-28-26-24-22-20-18-16-14-12-10-8-6-4-2/h17-20,35-39,44H,3-16,21-34,40-41H2,1-2H3/b19-17-,20-18-/t44-/m0/s1. The molecule has 1 aromatic rings. The summed E-state index contributed by atoms with van der Waals surface area (Å²) in [7, 11) is 0. The Bertz CT molecular complexity index is 1030. The molecule has 52 heavy (non-hydrogen) atoms.